The van der Waals surface area contributed by atoms with Crippen LogP contribution in [0.15, 0.2) is 28.7 Å². The van der Waals surface area contributed by atoms with Crippen LogP contribution in [0.4, 0.5) is 0 Å². The quantitative estimate of drug-likeness (QED) is 0.872. The molecular formula is C15H21BrN2O. The molecule has 1 unspecified atom stereocenters. The molecule has 1 atom stereocenters. The summed E-state index contributed by atoms with van der Waals surface area (Å²) in [6.45, 7) is 5.37. The molecule has 1 amide bonds. The summed E-state index contributed by atoms with van der Waals surface area (Å²) in [4.78, 5) is 14.1. The molecule has 0 radical (unpaired) electrons. The molecule has 0 heterocycles. The van der Waals surface area contributed by atoms with Crippen molar-refractivity contribution < 1.29 is 4.79 Å². The van der Waals surface area contributed by atoms with Crippen LogP contribution in [0.2, 0.25) is 0 Å². The number of rotatable bonds is 6. The lowest BCUT2D eigenvalue weighted by atomic mass is 10.1. The predicted molar refractivity (Wildman–Crippen MR) is 81.0 cm³/mol. The molecule has 0 aliphatic heterocycles. The van der Waals surface area contributed by atoms with Crippen LogP contribution >= 0.6 is 15.9 Å². The molecule has 0 bridgehead atoms. The second kappa shape index (κ2) is 6.53. The van der Waals surface area contributed by atoms with E-state index < -0.39 is 0 Å². The summed E-state index contributed by atoms with van der Waals surface area (Å²) in [6, 6.07) is 8.86. The van der Waals surface area contributed by atoms with Gasteiger partial charge in [-0.2, -0.15) is 0 Å². The zero-order valence-electron chi connectivity index (χ0n) is 11.5. The Morgan fingerprint density at radius 3 is 2.84 bits per heavy atom. The zero-order valence-corrected chi connectivity index (χ0v) is 13.1. The fourth-order valence-electron chi connectivity index (χ4n) is 2.26. The summed E-state index contributed by atoms with van der Waals surface area (Å²) < 4.78 is 1.07. The lowest BCUT2D eigenvalue weighted by Gasteiger charge is -2.22. The topological polar surface area (TPSA) is 32.3 Å². The Kier molecular flexibility index (Phi) is 4.99. The number of hydrogen-bond acceptors (Lipinski definition) is 2. The van der Waals surface area contributed by atoms with E-state index >= 15 is 0 Å². The summed E-state index contributed by atoms with van der Waals surface area (Å²) in [7, 11) is 0. The summed E-state index contributed by atoms with van der Waals surface area (Å²) in [5.74, 6) is 0.215. The number of nitrogens with zero attached hydrogens (tertiary/aromatic N) is 1. The van der Waals surface area contributed by atoms with E-state index in [4.69, 9.17) is 0 Å². The molecule has 1 aliphatic carbocycles. The van der Waals surface area contributed by atoms with Crippen molar-refractivity contribution in [1.82, 2.24) is 10.2 Å². The van der Waals surface area contributed by atoms with Crippen molar-refractivity contribution in [3.8, 4) is 0 Å². The maximum atomic E-state index is 12.1. The molecule has 2 rings (SSSR count). The van der Waals surface area contributed by atoms with Gasteiger partial charge in [-0.1, -0.05) is 28.1 Å². The molecule has 1 aliphatic rings. The van der Waals surface area contributed by atoms with Crippen molar-refractivity contribution >= 4 is 21.8 Å². The normalized spacial score (nSPS) is 16.2. The van der Waals surface area contributed by atoms with E-state index in [2.05, 4.69) is 40.3 Å². The molecule has 104 valence electrons. The highest BCUT2D eigenvalue weighted by molar-refractivity contribution is 9.10. The summed E-state index contributed by atoms with van der Waals surface area (Å²) in [5.41, 5.74) is 1.19. The van der Waals surface area contributed by atoms with Gasteiger partial charge >= 0.3 is 0 Å². The van der Waals surface area contributed by atoms with Gasteiger partial charge in [0.2, 0.25) is 5.91 Å². The van der Waals surface area contributed by atoms with Crippen LogP contribution in [0.1, 0.15) is 38.3 Å². The molecular weight excluding hydrogens is 304 g/mol. The van der Waals surface area contributed by atoms with Gasteiger partial charge in [0, 0.05) is 23.1 Å². The highest BCUT2D eigenvalue weighted by Crippen LogP contribution is 2.26. The SMILES string of the molecule is CCN(C(=O)CNC(C)c1cccc(Br)c1)C1CC1. The summed E-state index contributed by atoms with van der Waals surface area (Å²) in [5, 5.41) is 3.31. The largest absolute Gasteiger partial charge is 0.339 e. The van der Waals surface area contributed by atoms with Gasteiger partial charge < -0.3 is 10.2 Å². The van der Waals surface area contributed by atoms with Gasteiger partial charge in [-0.15, -0.1) is 0 Å². The van der Waals surface area contributed by atoms with Crippen LogP contribution in [0.5, 0.6) is 0 Å². The standard InChI is InChI=1S/C15H21BrN2O/c1-3-18(14-7-8-14)15(19)10-17-11(2)12-5-4-6-13(16)9-12/h4-6,9,11,14,17H,3,7-8,10H2,1-2H3. The molecule has 1 aromatic rings. The highest BCUT2D eigenvalue weighted by atomic mass is 79.9. The van der Waals surface area contributed by atoms with E-state index in [0.29, 0.717) is 12.6 Å². The van der Waals surface area contributed by atoms with E-state index in [1.165, 1.54) is 18.4 Å². The van der Waals surface area contributed by atoms with Gasteiger partial charge in [0.15, 0.2) is 0 Å². The van der Waals surface area contributed by atoms with E-state index in [0.717, 1.165) is 11.0 Å². The molecule has 19 heavy (non-hydrogen) atoms. The number of likely N-dealkylation sites (N-methyl/N-ethyl adjacent to an activating group) is 1. The Morgan fingerprint density at radius 2 is 2.26 bits per heavy atom. The first-order valence-corrected chi connectivity index (χ1v) is 7.69. The van der Waals surface area contributed by atoms with Crippen LogP contribution in [0, 0.1) is 0 Å². The first-order valence-electron chi connectivity index (χ1n) is 6.90. The number of amides is 1. The van der Waals surface area contributed by atoms with Crippen molar-refractivity contribution in [2.75, 3.05) is 13.1 Å². The lowest BCUT2D eigenvalue weighted by molar-refractivity contribution is -0.130. The predicted octanol–water partition coefficient (Wildman–Crippen LogP) is 3.11. The third-order valence-corrected chi connectivity index (χ3v) is 4.05. The molecule has 0 aromatic heterocycles. The molecule has 1 N–H and O–H groups in total. The minimum Gasteiger partial charge on any atom is -0.339 e. The molecule has 1 aromatic carbocycles. The molecule has 1 saturated carbocycles. The molecule has 4 heteroatoms. The van der Waals surface area contributed by atoms with E-state index in [-0.39, 0.29) is 11.9 Å². The Hall–Kier alpha value is -0.870. The fourth-order valence-corrected chi connectivity index (χ4v) is 2.68. The number of nitrogens with one attached hydrogen (secondary N) is 1. The molecule has 3 nitrogen and oxygen atoms in total. The van der Waals surface area contributed by atoms with Gasteiger partial charge in [0.05, 0.1) is 6.54 Å². The highest BCUT2D eigenvalue weighted by Gasteiger charge is 2.31. The maximum absolute atomic E-state index is 12.1. The minimum absolute atomic E-state index is 0.180. The number of benzene rings is 1. The minimum atomic E-state index is 0.180. The first kappa shape index (κ1) is 14.5. The number of hydrogen-bond donors (Lipinski definition) is 1. The third kappa shape index (κ3) is 4.05. The van der Waals surface area contributed by atoms with Gasteiger partial charge in [0.1, 0.15) is 0 Å². The average Bonchev–Trinajstić information content (AvgIpc) is 3.21. The summed E-state index contributed by atoms with van der Waals surface area (Å²) >= 11 is 3.47. The summed E-state index contributed by atoms with van der Waals surface area (Å²) in [6.07, 6.45) is 2.33. The monoisotopic (exact) mass is 324 g/mol. The van der Waals surface area contributed by atoms with Crippen molar-refractivity contribution in [3.63, 3.8) is 0 Å². The maximum Gasteiger partial charge on any atom is 0.236 e. The van der Waals surface area contributed by atoms with Crippen LogP contribution < -0.4 is 5.32 Å². The third-order valence-electron chi connectivity index (χ3n) is 3.56. The molecule has 0 saturated heterocycles. The van der Waals surface area contributed by atoms with Crippen molar-refractivity contribution in [2.45, 2.75) is 38.8 Å². The Morgan fingerprint density at radius 1 is 1.53 bits per heavy atom. The van der Waals surface area contributed by atoms with Gasteiger partial charge in [-0.25, -0.2) is 0 Å². The van der Waals surface area contributed by atoms with Crippen LogP contribution in [0.3, 0.4) is 0 Å². The number of halogens is 1. The first-order chi connectivity index (χ1) is 9.11. The fraction of sp³-hybridized carbons (Fsp3) is 0.533. The second-order valence-electron chi connectivity index (χ2n) is 5.07. The van der Waals surface area contributed by atoms with E-state index in [1.54, 1.807) is 0 Å². The molecule has 1 fully saturated rings. The Balaban J connectivity index is 1.85. The van der Waals surface area contributed by atoms with E-state index in [9.17, 15) is 4.79 Å². The average molecular weight is 325 g/mol. The van der Waals surface area contributed by atoms with Crippen molar-refractivity contribution in [2.24, 2.45) is 0 Å². The van der Waals surface area contributed by atoms with Gasteiger partial charge in [-0.05, 0) is 44.4 Å². The van der Waals surface area contributed by atoms with Crippen LogP contribution in [-0.4, -0.2) is 29.9 Å². The van der Waals surface area contributed by atoms with Crippen LogP contribution in [0.25, 0.3) is 0 Å². The van der Waals surface area contributed by atoms with E-state index in [1.807, 2.05) is 24.0 Å². The van der Waals surface area contributed by atoms with Crippen molar-refractivity contribution in [3.05, 3.63) is 34.3 Å². The van der Waals surface area contributed by atoms with Gasteiger partial charge in [-0.3, -0.25) is 4.79 Å². The second-order valence-corrected chi connectivity index (χ2v) is 5.98. The number of carbonyl (C=O) groups excluding carboxylic acids is 1. The zero-order chi connectivity index (χ0) is 13.8. The van der Waals surface area contributed by atoms with Crippen LogP contribution in [-0.2, 0) is 4.79 Å². The lowest BCUT2D eigenvalue weighted by Crippen LogP contribution is -2.40. The Labute approximate surface area is 123 Å². The van der Waals surface area contributed by atoms with Crippen molar-refractivity contribution in [1.29, 1.82) is 0 Å². The smallest absolute Gasteiger partial charge is 0.236 e. The molecule has 0 spiro atoms. The van der Waals surface area contributed by atoms with Gasteiger partial charge in [0.25, 0.3) is 0 Å². The Bertz CT molecular complexity index is 446. The number of carbonyl (C=O) groups is 1.